The molecule has 1 aliphatic carbocycles. The predicted octanol–water partition coefficient (Wildman–Crippen LogP) is 3.78. The van der Waals surface area contributed by atoms with Gasteiger partial charge in [-0.15, -0.1) is 0 Å². The SMILES string of the molecule is CN(C(=O)c1cnc2ccccc2n1)C1CCCc2ccccc21. The van der Waals surface area contributed by atoms with Crippen molar-refractivity contribution in [3.8, 4) is 0 Å². The first-order valence-corrected chi connectivity index (χ1v) is 8.31. The van der Waals surface area contributed by atoms with Crippen LogP contribution in [0, 0.1) is 0 Å². The number of carbonyl (C=O) groups excluding carboxylic acids is 1. The number of aryl methyl sites for hydroxylation is 1. The molecule has 0 aliphatic heterocycles. The molecule has 0 spiro atoms. The van der Waals surface area contributed by atoms with Gasteiger partial charge in [0.1, 0.15) is 5.69 Å². The zero-order valence-corrected chi connectivity index (χ0v) is 13.6. The standard InChI is InChI=1S/C20H19N3O/c1-23(19-12-6-8-14-7-2-3-9-15(14)19)20(24)18-13-21-16-10-4-5-11-17(16)22-18/h2-5,7,9-11,13,19H,6,8,12H2,1H3. The number of carbonyl (C=O) groups is 1. The molecule has 4 nitrogen and oxygen atoms in total. The summed E-state index contributed by atoms with van der Waals surface area (Å²) in [5, 5.41) is 0. The van der Waals surface area contributed by atoms with E-state index >= 15 is 0 Å². The summed E-state index contributed by atoms with van der Waals surface area (Å²) in [5.41, 5.74) is 4.56. The molecule has 0 bridgehead atoms. The summed E-state index contributed by atoms with van der Waals surface area (Å²) < 4.78 is 0. The molecule has 0 N–H and O–H groups in total. The maximum atomic E-state index is 12.9. The third-order valence-corrected chi connectivity index (χ3v) is 4.79. The van der Waals surface area contributed by atoms with E-state index in [1.165, 1.54) is 11.1 Å². The van der Waals surface area contributed by atoms with Crippen LogP contribution in [0.15, 0.2) is 54.7 Å². The van der Waals surface area contributed by atoms with Gasteiger partial charge in [0.25, 0.3) is 5.91 Å². The van der Waals surface area contributed by atoms with Gasteiger partial charge >= 0.3 is 0 Å². The quantitative estimate of drug-likeness (QED) is 0.722. The van der Waals surface area contributed by atoms with Crippen molar-refractivity contribution < 1.29 is 4.79 Å². The van der Waals surface area contributed by atoms with E-state index in [0.717, 1.165) is 30.3 Å². The van der Waals surface area contributed by atoms with Crippen LogP contribution >= 0.6 is 0 Å². The molecule has 0 fully saturated rings. The van der Waals surface area contributed by atoms with Crippen molar-refractivity contribution in [1.29, 1.82) is 0 Å². The lowest BCUT2D eigenvalue weighted by Crippen LogP contribution is -2.33. The van der Waals surface area contributed by atoms with Crippen molar-refractivity contribution in [3.05, 3.63) is 71.5 Å². The monoisotopic (exact) mass is 317 g/mol. The highest BCUT2D eigenvalue weighted by atomic mass is 16.2. The normalized spacial score (nSPS) is 16.6. The molecule has 1 heterocycles. The van der Waals surface area contributed by atoms with E-state index in [1.807, 2.05) is 42.3 Å². The Bertz CT molecular complexity index is 906. The van der Waals surface area contributed by atoms with Gasteiger partial charge in [-0.1, -0.05) is 36.4 Å². The number of hydrogen-bond donors (Lipinski definition) is 0. The molecule has 1 aliphatic rings. The molecule has 0 radical (unpaired) electrons. The number of rotatable bonds is 2. The molecular formula is C20H19N3O. The molecular weight excluding hydrogens is 298 g/mol. The molecule has 4 heteroatoms. The van der Waals surface area contributed by atoms with E-state index in [9.17, 15) is 4.79 Å². The Kier molecular flexibility index (Phi) is 3.73. The lowest BCUT2D eigenvalue weighted by molar-refractivity contribution is 0.0709. The smallest absolute Gasteiger partial charge is 0.274 e. The highest BCUT2D eigenvalue weighted by Gasteiger charge is 2.27. The minimum Gasteiger partial charge on any atom is -0.333 e. The average molecular weight is 317 g/mol. The molecule has 2 aromatic carbocycles. The summed E-state index contributed by atoms with van der Waals surface area (Å²) >= 11 is 0. The van der Waals surface area contributed by atoms with Crippen LogP contribution in [-0.2, 0) is 6.42 Å². The van der Waals surface area contributed by atoms with Gasteiger partial charge in [-0.2, -0.15) is 0 Å². The molecule has 1 amide bonds. The second-order valence-electron chi connectivity index (χ2n) is 6.27. The molecule has 0 saturated carbocycles. The van der Waals surface area contributed by atoms with Crippen LogP contribution in [-0.4, -0.2) is 27.8 Å². The number of benzene rings is 2. The Balaban J connectivity index is 1.66. The fourth-order valence-electron chi connectivity index (χ4n) is 3.51. The molecule has 1 unspecified atom stereocenters. The third-order valence-electron chi connectivity index (χ3n) is 4.79. The summed E-state index contributed by atoms with van der Waals surface area (Å²) in [7, 11) is 1.87. The predicted molar refractivity (Wildman–Crippen MR) is 93.8 cm³/mol. The second-order valence-corrected chi connectivity index (χ2v) is 6.27. The van der Waals surface area contributed by atoms with Crippen molar-refractivity contribution in [2.75, 3.05) is 7.05 Å². The zero-order chi connectivity index (χ0) is 16.5. The van der Waals surface area contributed by atoms with Crippen molar-refractivity contribution in [2.45, 2.75) is 25.3 Å². The van der Waals surface area contributed by atoms with Crippen LogP contribution in [0.25, 0.3) is 11.0 Å². The molecule has 1 aromatic heterocycles. The average Bonchev–Trinajstić information content (AvgIpc) is 2.66. The molecule has 24 heavy (non-hydrogen) atoms. The molecule has 4 rings (SSSR count). The first-order valence-electron chi connectivity index (χ1n) is 8.31. The number of aromatic nitrogens is 2. The maximum absolute atomic E-state index is 12.9. The highest BCUT2D eigenvalue weighted by molar-refractivity contribution is 5.94. The molecule has 120 valence electrons. The third kappa shape index (κ3) is 2.54. The van der Waals surface area contributed by atoms with E-state index in [1.54, 1.807) is 6.20 Å². The van der Waals surface area contributed by atoms with Crippen molar-refractivity contribution in [1.82, 2.24) is 14.9 Å². The molecule has 0 saturated heterocycles. The highest BCUT2D eigenvalue weighted by Crippen LogP contribution is 2.34. The summed E-state index contributed by atoms with van der Waals surface area (Å²) in [6.45, 7) is 0. The first kappa shape index (κ1) is 14.8. The van der Waals surface area contributed by atoms with Crippen LogP contribution in [0.3, 0.4) is 0 Å². The summed E-state index contributed by atoms with van der Waals surface area (Å²) in [6, 6.07) is 16.1. The van der Waals surface area contributed by atoms with Crippen molar-refractivity contribution in [2.24, 2.45) is 0 Å². The molecule has 1 atom stereocenters. The fourth-order valence-corrected chi connectivity index (χ4v) is 3.51. The van der Waals surface area contributed by atoms with Crippen LogP contribution in [0.5, 0.6) is 0 Å². The van der Waals surface area contributed by atoms with Crippen LogP contribution in [0.4, 0.5) is 0 Å². The molecule has 3 aromatic rings. The Morgan fingerprint density at radius 3 is 2.71 bits per heavy atom. The van der Waals surface area contributed by atoms with Gasteiger partial charge < -0.3 is 4.90 Å². The van der Waals surface area contributed by atoms with Crippen molar-refractivity contribution >= 4 is 16.9 Å². The number of nitrogens with zero attached hydrogens (tertiary/aromatic N) is 3. The van der Waals surface area contributed by atoms with Gasteiger partial charge in [0, 0.05) is 7.05 Å². The van der Waals surface area contributed by atoms with Gasteiger partial charge in [-0.25, -0.2) is 4.98 Å². The van der Waals surface area contributed by atoms with Crippen LogP contribution in [0.1, 0.15) is 40.5 Å². The number of fused-ring (bicyclic) bond motifs is 2. The lowest BCUT2D eigenvalue weighted by atomic mass is 9.87. The minimum absolute atomic E-state index is 0.0741. The number of amides is 1. The topological polar surface area (TPSA) is 46.1 Å². The van der Waals surface area contributed by atoms with E-state index in [2.05, 4.69) is 28.2 Å². The number of para-hydroxylation sites is 2. The van der Waals surface area contributed by atoms with Gasteiger partial charge in [0.2, 0.25) is 0 Å². The summed E-state index contributed by atoms with van der Waals surface area (Å²) in [5.74, 6) is -0.0741. The van der Waals surface area contributed by atoms with E-state index in [0.29, 0.717) is 5.69 Å². The largest absolute Gasteiger partial charge is 0.333 e. The number of hydrogen-bond acceptors (Lipinski definition) is 3. The van der Waals surface area contributed by atoms with Crippen molar-refractivity contribution in [3.63, 3.8) is 0 Å². The van der Waals surface area contributed by atoms with Gasteiger partial charge in [-0.3, -0.25) is 9.78 Å². The van der Waals surface area contributed by atoms with Gasteiger partial charge in [-0.05, 0) is 42.5 Å². The minimum atomic E-state index is -0.0741. The van der Waals surface area contributed by atoms with Gasteiger partial charge in [0.15, 0.2) is 0 Å². The Morgan fingerprint density at radius 1 is 1.08 bits per heavy atom. The fraction of sp³-hybridized carbons (Fsp3) is 0.250. The summed E-state index contributed by atoms with van der Waals surface area (Å²) in [6.07, 6.45) is 4.75. The Morgan fingerprint density at radius 2 is 1.83 bits per heavy atom. The Hall–Kier alpha value is -2.75. The Labute approximate surface area is 141 Å². The van der Waals surface area contributed by atoms with E-state index in [4.69, 9.17) is 0 Å². The summed E-state index contributed by atoms with van der Waals surface area (Å²) in [4.78, 5) is 23.6. The lowest BCUT2D eigenvalue weighted by Gasteiger charge is -2.33. The van der Waals surface area contributed by atoms with Crippen LogP contribution in [0.2, 0.25) is 0 Å². The van der Waals surface area contributed by atoms with Gasteiger partial charge in [0.05, 0.1) is 23.3 Å². The maximum Gasteiger partial charge on any atom is 0.274 e. The van der Waals surface area contributed by atoms with Crippen LogP contribution < -0.4 is 0 Å². The van der Waals surface area contributed by atoms with E-state index < -0.39 is 0 Å². The zero-order valence-electron chi connectivity index (χ0n) is 13.6. The van der Waals surface area contributed by atoms with E-state index in [-0.39, 0.29) is 11.9 Å². The second kappa shape index (κ2) is 6.04. The first-order chi connectivity index (χ1) is 11.7.